The molecule has 0 aliphatic rings. The van der Waals surface area contributed by atoms with Crippen molar-refractivity contribution >= 4 is 28.6 Å². The fraction of sp³-hybridized carbons (Fsp3) is 0.118. The van der Waals surface area contributed by atoms with Crippen LogP contribution in [-0.2, 0) is 15.7 Å². The van der Waals surface area contributed by atoms with Gasteiger partial charge in [-0.1, -0.05) is 0 Å². The largest absolute Gasteiger partial charge is 0.452 e. The summed E-state index contributed by atoms with van der Waals surface area (Å²) in [5.41, 5.74) is 0.0238. The molecule has 0 saturated carbocycles. The maximum Gasteiger partial charge on any atom is 0.416 e. The van der Waals surface area contributed by atoms with Gasteiger partial charge in [-0.25, -0.2) is 9.59 Å². The Bertz CT molecular complexity index is 1050. The number of H-pyrrole nitrogens is 2. The molecule has 0 bridgehead atoms. The lowest BCUT2D eigenvalue weighted by Crippen LogP contribution is -2.21. The number of amides is 1. The number of nitrogens with one attached hydrogen (secondary N) is 3. The van der Waals surface area contributed by atoms with E-state index >= 15 is 0 Å². The normalized spacial score (nSPS) is 11.4. The average molecular weight is 379 g/mol. The van der Waals surface area contributed by atoms with E-state index < -0.39 is 30.2 Å². The van der Waals surface area contributed by atoms with E-state index in [1.165, 1.54) is 6.07 Å². The van der Waals surface area contributed by atoms with Crippen molar-refractivity contribution in [1.29, 1.82) is 0 Å². The number of carbonyl (C=O) groups is 2. The van der Waals surface area contributed by atoms with Gasteiger partial charge in [-0.05, 0) is 42.5 Å². The van der Waals surface area contributed by atoms with Gasteiger partial charge in [-0.2, -0.15) is 13.2 Å². The standard InChI is InChI=1S/C17H12F3N3O4/c18-17(19,20)10-3-1-9(2-4-10)15(25)27-8-14(24)21-11-5-6-12-13(7-11)23-16(26)22-12/h1-7H,8H2,(H,21,24)(H2,22,23,26). The molecule has 3 aromatic rings. The molecule has 0 unspecified atom stereocenters. The van der Waals surface area contributed by atoms with Gasteiger partial charge in [0.05, 0.1) is 22.2 Å². The molecular formula is C17H12F3N3O4. The molecule has 0 fully saturated rings. The number of alkyl halides is 3. The summed E-state index contributed by atoms with van der Waals surface area (Å²) in [5.74, 6) is -1.57. The maximum atomic E-state index is 12.5. The van der Waals surface area contributed by atoms with Crippen LogP contribution in [0.3, 0.4) is 0 Å². The summed E-state index contributed by atoms with van der Waals surface area (Å²) in [6.07, 6.45) is -4.51. The van der Waals surface area contributed by atoms with Gasteiger partial charge in [-0.15, -0.1) is 0 Å². The Kier molecular flexibility index (Phi) is 4.72. The minimum atomic E-state index is -4.51. The third-order valence-corrected chi connectivity index (χ3v) is 3.58. The SMILES string of the molecule is O=C(COC(=O)c1ccc(C(F)(F)F)cc1)Nc1ccc2[nH]c(=O)[nH]c2c1. The van der Waals surface area contributed by atoms with E-state index in [1.54, 1.807) is 12.1 Å². The summed E-state index contributed by atoms with van der Waals surface area (Å²) < 4.78 is 42.3. The van der Waals surface area contributed by atoms with Crippen molar-refractivity contribution < 1.29 is 27.5 Å². The predicted octanol–water partition coefficient (Wildman–Crippen LogP) is 2.67. The quantitative estimate of drug-likeness (QED) is 0.606. The lowest BCUT2D eigenvalue weighted by Gasteiger charge is -2.08. The molecule has 2 aromatic carbocycles. The van der Waals surface area contributed by atoms with Crippen LogP contribution in [0.15, 0.2) is 47.3 Å². The smallest absolute Gasteiger partial charge is 0.416 e. The van der Waals surface area contributed by atoms with E-state index in [1.807, 2.05) is 0 Å². The number of anilines is 1. The summed E-state index contributed by atoms with van der Waals surface area (Å²) >= 11 is 0. The molecule has 0 saturated heterocycles. The van der Waals surface area contributed by atoms with E-state index in [9.17, 15) is 27.6 Å². The number of ether oxygens (including phenoxy) is 1. The molecule has 0 aliphatic carbocycles. The van der Waals surface area contributed by atoms with E-state index in [0.717, 1.165) is 24.3 Å². The molecular weight excluding hydrogens is 367 g/mol. The minimum Gasteiger partial charge on any atom is -0.452 e. The predicted molar refractivity (Wildman–Crippen MR) is 89.3 cm³/mol. The second-order valence-corrected chi connectivity index (χ2v) is 5.54. The molecule has 7 nitrogen and oxygen atoms in total. The van der Waals surface area contributed by atoms with Crippen LogP contribution in [0.1, 0.15) is 15.9 Å². The number of esters is 1. The topological polar surface area (TPSA) is 104 Å². The van der Waals surface area contributed by atoms with Gasteiger partial charge in [0.1, 0.15) is 0 Å². The third kappa shape index (κ3) is 4.35. The van der Waals surface area contributed by atoms with Gasteiger partial charge >= 0.3 is 17.8 Å². The first kappa shape index (κ1) is 18.2. The van der Waals surface area contributed by atoms with E-state index in [4.69, 9.17) is 4.74 Å². The van der Waals surface area contributed by atoms with E-state index in [-0.39, 0.29) is 11.3 Å². The number of hydrogen-bond donors (Lipinski definition) is 3. The number of carbonyl (C=O) groups excluding carboxylic acids is 2. The first-order valence-electron chi connectivity index (χ1n) is 7.59. The number of benzene rings is 2. The molecule has 0 spiro atoms. The Balaban J connectivity index is 1.57. The third-order valence-electron chi connectivity index (χ3n) is 3.58. The number of rotatable bonds is 4. The van der Waals surface area contributed by atoms with Crippen molar-refractivity contribution in [2.24, 2.45) is 0 Å². The number of halogens is 3. The highest BCUT2D eigenvalue weighted by Gasteiger charge is 2.30. The number of aromatic amines is 2. The van der Waals surface area contributed by atoms with Crippen LogP contribution < -0.4 is 11.0 Å². The molecule has 1 heterocycles. The van der Waals surface area contributed by atoms with E-state index in [2.05, 4.69) is 15.3 Å². The Labute approximate surface area is 149 Å². The number of imidazole rings is 1. The molecule has 10 heteroatoms. The van der Waals surface area contributed by atoms with Gasteiger partial charge in [0.15, 0.2) is 6.61 Å². The fourth-order valence-corrected chi connectivity index (χ4v) is 2.32. The van der Waals surface area contributed by atoms with Gasteiger partial charge in [0, 0.05) is 5.69 Å². The van der Waals surface area contributed by atoms with Gasteiger partial charge in [-0.3, -0.25) is 4.79 Å². The van der Waals surface area contributed by atoms with Crippen LogP contribution in [-0.4, -0.2) is 28.5 Å². The summed E-state index contributed by atoms with van der Waals surface area (Å²) in [6.45, 7) is -0.623. The zero-order valence-electron chi connectivity index (χ0n) is 13.5. The van der Waals surface area contributed by atoms with Crippen LogP contribution in [0, 0.1) is 0 Å². The van der Waals surface area contributed by atoms with Crippen LogP contribution >= 0.6 is 0 Å². The number of hydrogen-bond acceptors (Lipinski definition) is 4. The van der Waals surface area contributed by atoms with Gasteiger partial charge < -0.3 is 20.0 Å². The van der Waals surface area contributed by atoms with Crippen molar-refractivity contribution in [3.63, 3.8) is 0 Å². The molecule has 1 amide bonds. The fourth-order valence-electron chi connectivity index (χ4n) is 2.32. The Morgan fingerprint density at radius 1 is 1.00 bits per heavy atom. The summed E-state index contributed by atoms with van der Waals surface area (Å²) in [7, 11) is 0. The van der Waals surface area contributed by atoms with Crippen molar-refractivity contribution in [3.05, 3.63) is 64.1 Å². The lowest BCUT2D eigenvalue weighted by molar-refractivity contribution is -0.137. The molecule has 1 aromatic heterocycles. The molecule has 27 heavy (non-hydrogen) atoms. The van der Waals surface area contributed by atoms with Crippen molar-refractivity contribution in [2.75, 3.05) is 11.9 Å². The Hall–Kier alpha value is -3.56. The minimum absolute atomic E-state index is 0.109. The molecule has 3 rings (SSSR count). The maximum absolute atomic E-state index is 12.5. The zero-order valence-corrected chi connectivity index (χ0v) is 13.5. The molecule has 0 radical (unpaired) electrons. The Morgan fingerprint density at radius 3 is 2.33 bits per heavy atom. The van der Waals surface area contributed by atoms with Gasteiger partial charge in [0.25, 0.3) is 5.91 Å². The molecule has 3 N–H and O–H groups in total. The summed E-state index contributed by atoms with van der Waals surface area (Å²) in [6, 6.07) is 8.09. The van der Waals surface area contributed by atoms with Crippen molar-refractivity contribution in [1.82, 2.24) is 9.97 Å². The van der Waals surface area contributed by atoms with Crippen LogP contribution in [0.25, 0.3) is 11.0 Å². The Morgan fingerprint density at radius 2 is 1.67 bits per heavy atom. The first-order valence-corrected chi connectivity index (χ1v) is 7.59. The number of fused-ring (bicyclic) bond motifs is 1. The van der Waals surface area contributed by atoms with Crippen molar-refractivity contribution in [3.8, 4) is 0 Å². The average Bonchev–Trinajstić information content (AvgIpc) is 2.98. The number of aromatic nitrogens is 2. The van der Waals surface area contributed by atoms with Gasteiger partial charge in [0.2, 0.25) is 0 Å². The highest BCUT2D eigenvalue weighted by molar-refractivity contribution is 5.96. The highest BCUT2D eigenvalue weighted by Crippen LogP contribution is 2.29. The van der Waals surface area contributed by atoms with Crippen LogP contribution in [0.4, 0.5) is 18.9 Å². The van der Waals surface area contributed by atoms with Crippen molar-refractivity contribution in [2.45, 2.75) is 6.18 Å². The monoisotopic (exact) mass is 379 g/mol. The summed E-state index contributed by atoms with van der Waals surface area (Å²) in [5, 5.41) is 2.48. The highest BCUT2D eigenvalue weighted by atomic mass is 19.4. The molecule has 0 aliphatic heterocycles. The van der Waals surface area contributed by atoms with Crippen LogP contribution in [0.2, 0.25) is 0 Å². The second-order valence-electron chi connectivity index (χ2n) is 5.54. The van der Waals surface area contributed by atoms with Crippen LogP contribution in [0.5, 0.6) is 0 Å². The molecule has 140 valence electrons. The first-order chi connectivity index (χ1) is 12.7. The second kappa shape index (κ2) is 6.98. The summed E-state index contributed by atoms with van der Waals surface area (Å²) in [4.78, 5) is 39.9. The molecule has 0 atom stereocenters. The zero-order chi connectivity index (χ0) is 19.6. The lowest BCUT2D eigenvalue weighted by atomic mass is 10.1. The van der Waals surface area contributed by atoms with E-state index in [0.29, 0.717) is 16.7 Å².